The van der Waals surface area contributed by atoms with Gasteiger partial charge < -0.3 is 4.90 Å². The lowest BCUT2D eigenvalue weighted by Gasteiger charge is -2.26. The Hall–Kier alpha value is -0.760. The van der Waals surface area contributed by atoms with Gasteiger partial charge in [0.1, 0.15) is 5.82 Å². The normalized spacial score (nSPS) is 10.5. The summed E-state index contributed by atoms with van der Waals surface area (Å²) in [5.74, 6) is 0.988. The molecule has 0 fully saturated rings. The monoisotopic (exact) mass is 198 g/mol. The minimum atomic E-state index is 0.471. The highest BCUT2D eigenvalue weighted by atomic mass is 35.5. The second kappa shape index (κ2) is 4.47. The van der Waals surface area contributed by atoms with Crippen LogP contribution in [-0.2, 0) is 0 Å². The molecule has 3 heteroatoms. The number of aromatic nitrogens is 1. The first-order chi connectivity index (χ1) is 6.15. The van der Waals surface area contributed by atoms with E-state index in [1.54, 1.807) is 6.20 Å². The smallest absolute Gasteiger partial charge is 0.128 e. The van der Waals surface area contributed by atoms with E-state index in [-0.39, 0.29) is 0 Å². The maximum absolute atomic E-state index is 5.76. The number of anilines is 1. The van der Waals surface area contributed by atoms with Crippen LogP contribution in [0.4, 0.5) is 5.82 Å². The summed E-state index contributed by atoms with van der Waals surface area (Å²) in [6, 6.07) is 4.29. The SMILES string of the molecule is CCN(c1ccc(Cl)cn1)C(C)C. The molecule has 0 aromatic carbocycles. The van der Waals surface area contributed by atoms with Crippen LogP contribution >= 0.6 is 11.6 Å². The summed E-state index contributed by atoms with van der Waals surface area (Å²) in [6.45, 7) is 7.39. The Morgan fingerprint density at radius 3 is 2.54 bits per heavy atom. The van der Waals surface area contributed by atoms with Crippen LogP contribution in [-0.4, -0.2) is 17.6 Å². The topological polar surface area (TPSA) is 16.1 Å². The van der Waals surface area contributed by atoms with Crippen LogP contribution in [0.5, 0.6) is 0 Å². The Morgan fingerprint density at radius 2 is 2.15 bits per heavy atom. The van der Waals surface area contributed by atoms with Gasteiger partial charge in [-0.15, -0.1) is 0 Å². The van der Waals surface area contributed by atoms with E-state index in [1.807, 2.05) is 12.1 Å². The second-order valence-corrected chi connectivity index (χ2v) is 3.65. The van der Waals surface area contributed by atoms with Gasteiger partial charge >= 0.3 is 0 Å². The first-order valence-electron chi connectivity index (χ1n) is 4.53. The summed E-state index contributed by atoms with van der Waals surface area (Å²) in [4.78, 5) is 6.48. The fourth-order valence-corrected chi connectivity index (χ4v) is 1.44. The number of halogens is 1. The van der Waals surface area contributed by atoms with E-state index in [1.165, 1.54) is 0 Å². The maximum Gasteiger partial charge on any atom is 0.128 e. The van der Waals surface area contributed by atoms with Gasteiger partial charge in [0.15, 0.2) is 0 Å². The zero-order chi connectivity index (χ0) is 9.84. The molecule has 0 saturated carbocycles. The molecule has 0 amide bonds. The minimum Gasteiger partial charge on any atom is -0.354 e. The molecular formula is C10H15ClN2. The van der Waals surface area contributed by atoms with Crippen molar-refractivity contribution in [3.05, 3.63) is 23.4 Å². The number of pyridine rings is 1. The van der Waals surface area contributed by atoms with Crippen molar-refractivity contribution in [2.24, 2.45) is 0 Å². The number of rotatable bonds is 3. The average molecular weight is 199 g/mol. The van der Waals surface area contributed by atoms with E-state index >= 15 is 0 Å². The van der Waals surface area contributed by atoms with Crippen LogP contribution in [0.15, 0.2) is 18.3 Å². The van der Waals surface area contributed by atoms with Gasteiger partial charge in [-0.3, -0.25) is 0 Å². The van der Waals surface area contributed by atoms with Gasteiger partial charge in [-0.05, 0) is 32.9 Å². The molecule has 0 aliphatic heterocycles. The molecule has 0 aliphatic carbocycles. The lowest BCUT2D eigenvalue weighted by atomic mass is 10.3. The third-order valence-corrected chi connectivity index (χ3v) is 2.19. The largest absolute Gasteiger partial charge is 0.354 e. The Kier molecular flexibility index (Phi) is 3.55. The second-order valence-electron chi connectivity index (χ2n) is 3.21. The minimum absolute atomic E-state index is 0.471. The molecule has 1 heterocycles. The van der Waals surface area contributed by atoms with Gasteiger partial charge in [-0.2, -0.15) is 0 Å². The van der Waals surface area contributed by atoms with E-state index in [4.69, 9.17) is 11.6 Å². The van der Waals surface area contributed by atoms with E-state index in [9.17, 15) is 0 Å². The van der Waals surface area contributed by atoms with Crippen LogP contribution < -0.4 is 4.90 Å². The Morgan fingerprint density at radius 1 is 1.46 bits per heavy atom. The van der Waals surface area contributed by atoms with Gasteiger partial charge in [0, 0.05) is 18.8 Å². The first-order valence-corrected chi connectivity index (χ1v) is 4.91. The molecule has 2 nitrogen and oxygen atoms in total. The Bertz CT molecular complexity index is 256. The molecule has 0 aliphatic rings. The predicted molar refractivity (Wildman–Crippen MR) is 57.4 cm³/mol. The summed E-state index contributed by atoms with van der Waals surface area (Å²) < 4.78 is 0. The molecule has 0 N–H and O–H groups in total. The molecule has 72 valence electrons. The lowest BCUT2D eigenvalue weighted by molar-refractivity contribution is 0.693. The fraction of sp³-hybridized carbons (Fsp3) is 0.500. The standard InChI is InChI=1S/C10H15ClN2/c1-4-13(8(2)3)10-6-5-9(11)7-12-10/h5-8H,4H2,1-3H3. The predicted octanol–water partition coefficient (Wildman–Crippen LogP) is 2.97. The third kappa shape index (κ3) is 2.59. The summed E-state index contributed by atoms with van der Waals surface area (Å²) in [7, 11) is 0. The number of nitrogens with zero attached hydrogens (tertiary/aromatic N) is 2. The van der Waals surface area contributed by atoms with Crippen LogP contribution in [0.25, 0.3) is 0 Å². The van der Waals surface area contributed by atoms with Gasteiger partial charge in [-0.25, -0.2) is 4.98 Å². The number of hydrogen-bond donors (Lipinski definition) is 0. The van der Waals surface area contributed by atoms with Crippen LogP contribution in [0.3, 0.4) is 0 Å². The Labute approximate surface area is 84.5 Å². The molecule has 0 saturated heterocycles. The van der Waals surface area contributed by atoms with Crippen molar-refractivity contribution in [3.63, 3.8) is 0 Å². The molecular weight excluding hydrogens is 184 g/mol. The third-order valence-electron chi connectivity index (χ3n) is 1.97. The Balaban J connectivity index is 2.86. The summed E-state index contributed by atoms with van der Waals surface area (Å²) in [5.41, 5.74) is 0. The highest BCUT2D eigenvalue weighted by Gasteiger charge is 2.08. The highest BCUT2D eigenvalue weighted by molar-refractivity contribution is 6.30. The molecule has 0 unspecified atom stereocenters. The van der Waals surface area contributed by atoms with Crippen molar-refractivity contribution in [2.75, 3.05) is 11.4 Å². The molecule has 1 aromatic rings. The maximum atomic E-state index is 5.76. The van der Waals surface area contributed by atoms with E-state index < -0.39 is 0 Å². The van der Waals surface area contributed by atoms with Crippen molar-refractivity contribution in [3.8, 4) is 0 Å². The zero-order valence-corrected chi connectivity index (χ0v) is 9.04. The molecule has 0 spiro atoms. The van der Waals surface area contributed by atoms with Crippen molar-refractivity contribution in [2.45, 2.75) is 26.8 Å². The van der Waals surface area contributed by atoms with Crippen LogP contribution in [0.1, 0.15) is 20.8 Å². The van der Waals surface area contributed by atoms with Crippen LogP contribution in [0.2, 0.25) is 5.02 Å². The van der Waals surface area contributed by atoms with E-state index in [0.29, 0.717) is 11.1 Å². The summed E-state index contributed by atoms with van der Waals surface area (Å²) in [5, 5.41) is 0.684. The quantitative estimate of drug-likeness (QED) is 0.743. The highest BCUT2D eigenvalue weighted by Crippen LogP contribution is 2.15. The molecule has 0 radical (unpaired) electrons. The summed E-state index contributed by atoms with van der Waals surface area (Å²) in [6.07, 6.45) is 1.68. The van der Waals surface area contributed by atoms with E-state index in [2.05, 4.69) is 30.7 Å². The van der Waals surface area contributed by atoms with Crippen molar-refractivity contribution < 1.29 is 0 Å². The first kappa shape index (κ1) is 10.3. The molecule has 0 bridgehead atoms. The molecule has 13 heavy (non-hydrogen) atoms. The molecule has 0 atom stereocenters. The van der Waals surface area contributed by atoms with Crippen molar-refractivity contribution in [1.82, 2.24) is 4.98 Å². The van der Waals surface area contributed by atoms with E-state index in [0.717, 1.165) is 12.4 Å². The lowest BCUT2D eigenvalue weighted by Crippen LogP contribution is -2.30. The van der Waals surface area contributed by atoms with Crippen molar-refractivity contribution >= 4 is 17.4 Å². The van der Waals surface area contributed by atoms with Gasteiger partial charge in [0.2, 0.25) is 0 Å². The van der Waals surface area contributed by atoms with Gasteiger partial charge in [0.25, 0.3) is 0 Å². The fourth-order valence-electron chi connectivity index (χ4n) is 1.33. The van der Waals surface area contributed by atoms with Gasteiger partial charge in [-0.1, -0.05) is 11.6 Å². The summed E-state index contributed by atoms with van der Waals surface area (Å²) >= 11 is 5.76. The van der Waals surface area contributed by atoms with Gasteiger partial charge in [0.05, 0.1) is 5.02 Å². The zero-order valence-electron chi connectivity index (χ0n) is 8.29. The van der Waals surface area contributed by atoms with Crippen molar-refractivity contribution in [1.29, 1.82) is 0 Å². The molecule has 1 aromatic heterocycles. The molecule has 1 rings (SSSR count). The average Bonchev–Trinajstić information content (AvgIpc) is 2.09. The van der Waals surface area contributed by atoms with Crippen LogP contribution in [0, 0.1) is 0 Å². The number of hydrogen-bond acceptors (Lipinski definition) is 2.